The molecule has 1 amide bonds. The SMILES string of the molecule is Cc1cc(S(=O)(=O)N(C)C)ccc1OCC(=O)Nc1cccc(Cl)c1Cl. The second-order valence-electron chi connectivity index (χ2n) is 5.65. The quantitative estimate of drug-likeness (QED) is 0.780. The van der Waals surface area contributed by atoms with Crippen molar-refractivity contribution < 1.29 is 17.9 Å². The molecule has 1 N–H and O–H groups in total. The first-order chi connectivity index (χ1) is 12.1. The lowest BCUT2D eigenvalue weighted by Crippen LogP contribution is -2.22. The summed E-state index contributed by atoms with van der Waals surface area (Å²) in [5.74, 6) is -0.00592. The van der Waals surface area contributed by atoms with Gasteiger partial charge in [0, 0.05) is 14.1 Å². The van der Waals surface area contributed by atoms with E-state index in [1.54, 1.807) is 25.1 Å². The number of ether oxygens (including phenoxy) is 1. The summed E-state index contributed by atoms with van der Waals surface area (Å²) < 4.78 is 30.8. The standard InChI is InChI=1S/C17H18Cl2N2O4S/c1-11-9-12(26(23,24)21(2)3)7-8-15(11)25-10-16(22)20-14-6-4-5-13(18)17(14)19/h4-9H,10H2,1-3H3,(H,20,22). The molecule has 0 atom stereocenters. The van der Waals surface area contributed by atoms with Crippen molar-refractivity contribution in [2.45, 2.75) is 11.8 Å². The van der Waals surface area contributed by atoms with Crippen LogP contribution in [0.4, 0.5) is 5.69 Å². The van der Waals surface area contributed by atoms with Crippen LogP contribution in [0.25, 0.3) is 0 Å². The summed E-state index contributed by atoms with van der Waals surface area (Å²) in [4.78, 5) is 12.2. The topological polar surface area (TPSA) is 75.7 Å². The Kier molecular flexibility index (Phi) is 6.52. The summed E-state index contributed by atoms with van der Waals surface area (Å²) >= 11 is 11.9. The van der Waals surface area contributed by atoms with Gasteiger partial charge in [0.2, 0.25) is 10.0 Å². The zero-order valence-corrected chi connectivity index (χ0v) is 16.7. The van der Waals surface area contributed by atoms with Crippen molar-refractivity contribution in [2.24, 2.45) is 0 Å². The van der Waals surface area contributed by atoms with Gasteiger partial charge in [0.15, 0.2) is 6.61 Å². The van der Waals surface area contributed by atoms with Crippen molar-refractivity contribution in [3.05, 3.63) is 52.0 Å². The van der Waals surface area contributed by atoms with Gasteiger partial charge in [-0.3, -0.25) is 4.79 Å². The van der Waals surface area contributed by atoms with E-state index >= 15 is 0 Å². The van der Waals surface area contributed by atoms with Gasteiger partial charge in [-0.1, -0.05) is 29.3 Å². The molecule has 0 heterocycles. The molecule has 0 aliphatic heterocycles. The Morgan fingerprint density at radius 2 is 1.88 bits per heavy atom. The number of hydrogen-bond donors (Lipinski definition) is 1. The average molecular weight is 417 g/mol. The molecule has 0 aliphatic carbocycles. The molecule has 0 radical (unpaired) electrons. The van der Waals surface area contributed by atoms with Crippen LogP contribution in [0, 0.1) is 6.92 Å². The molecular formula is C17H18Cl2N2O4S. The molecule has 0 saturated heterocycles. The molecule has 0 saturated carbocycles. The van der Waals surface area contributed by atoms with E-state index in [2.05, 4.69) is 5.32 Å². The first-order valence-corrected chi connectivity index (χ1v) is 9.72. The third-order valence-electron chi connectivity index (χ3n) is 3.51. The molecule has 0 fully saturated rings. The second-order valence-corrected chi connectivity index (χ2v) is 8.59. The molecule has 0 aliphatic rings. The number of sulfonamides is 1. The maximum absolute atomic E-state index is 12.1. The number of hydrogen-bond acceptors (Lipinski definition) is 4. The number of carbonyl (C=O) groups excluding carboxylic acids is 1. The summed E-state index contributed by atoms with van der Waals surface area (Å²) in [6, 6.07) is 9.35. The van der Waals surface area contributed by atoms with Crippen LogP contribution >= 0.6 is 23.2 Å². The fourth-order valence-electron chi connectivity index (χ4n) is 2.09. The molecule has 0 unspecified atom stereocenters. The number of nitrogens with one attached hydrogen (secondary N) is 1. The number of amides is 1. The highest BCUT2D eigenvalue weighted by molar-refractivity contribution is 7.89. The minimum absolute atomic E-state index is 0.155. The average Bonchev–Trinajstić information content (AvgIpc) is 2.57. The van der Waals surface area contributed by atoms with Crippen LogP contribution in [-0.2, 0) is 14.8 Å². The lowest BCUT2D eigenvalue weighted by atomic mass is 10.2. The van der Waals surface area contributed by atoms with Crippen molar-refractivity contribution in [3.63, 3.8) is 0 Å². The largest absolute Gasteiger partial charge is 0.483 e. The zero-order chi connectivity index (χ0) is 19.5. The first-order valence-electron chi connectivity index (χ1n) is 7.52. The van der Waals surface area contributed by atoms with E-state index in [4.69, 9.17) is 27.9 Å². The lowest BCUT2D eigenvalue weighted by Gasteiger charge is -2.14. The maximum atomic E-state index is 12.1. The normalized spacial score (nSPS) is 11.5. The van der Waals surface area contributed by atoms with E-state index in [1.807, 2.05) is 0 Å². The van der Waals surface area contributed by atoms with E-state index in [-0.39, 0.29) is 16.5 Å². The Morgan fingerprint density at radius 3 is 2.50 bits per heavy atom. The van der Waals surface area contributed by atoms with Gasteiger partial charge < -0.3 is 10.1 Å². The Balaban J connectivity index is 2.05. The number of nitrogens with zero attached hydrogens (tertiary/aromatic N) is 1. The molecule has 2 rings (SSSR count). The summed E-state index contributed by atoms with van der Waals surface area (Å²) in [7, 11) is -0.608. The van der Waals surface area contributed by atoms with Crippen molar-refractivity contribution in [2.75, 3.05) is 26.0 Å². The molecular weight excluding hydrogens is 399 g/mol. The van der Waals surface area contributed by atoms with E-state index < -0.39 is 15.9 Å². The number of carbonyl (C=O) groups is 1. The van der Waals surface area contributed by atoms with Gasteiger partial charge in [0.25, 0.3) is 5.91 Å². The van der Waals surface area contributed by atoms with Crippen LogP contribution in [0.15, 0.2) is 41.3 Å². The van der Waals surface area contributed by atoms with Gasteiger partial charge in [-0.15, -0.1) is 0 Å². The predicted octanol–water partition coefficient (Wildman–Crippen LogP) is 3.57. The molecule has 0 aromatic heterocycles. The lowest BCUT2D eigenvalue weighted by molar-refractivity contribution is -0.118. The molecule has 2 aromatic carbocycles. The fraction of sp³-hybridized carbons (Fsp3) is 0.235. The molecule has 0 bridgehead atoms. The summed E-state index contributed by atoms with van der Waals surface area (Å²) in [6.45, 7) is 1.44. The van der Waals surface area contributed by atoms with Gasteiger partial charge in [0.05, 0.1) is 20.6 Å². The summed E-state index contributed by atoms with van der Waals surface area (Å²) in [5, 5.41) is 3.19. The molecule has 2 aromatic rings. The first kappa shape index (κ1) is 20.5. The van der Waals surface area contributed by atoms with Crippen LogP contribution < -0.4 is 10.1 Å². The molecule has 26 heavy (non-hydrogen) atoms. The second kappa shape index (κ2) is 8.26. The number of benzene rings is 2. The van der Waals surface area contributed by atoms with Crippen LogP contribution in [-0.4, -0.2) is 39.3 Å². The third-order valence-corrected chi connectivity index (χ3v) is 6.14. The molecule has 9 heteroatoms. The fourth-order valence-corrected chi connectivity index (χ4v) is 3.42. The Labute approximate surface area is 162 Å². The minimum atomic E-state index is -3.53. The van der Waals surface area contributed by atoms with Crippen LogP contribution in [0.3, 0.4) is 0 Å². The van der Waals surface area contributed by atoms with E-state index in [1.165, 1.54) is 32.3 Å². The summed E-state index contributed by atoms with van der Waals surface area (Å²) in [6.07, 6.45) is 0. The highest BCUT2D eigenvalue weighted by Crippen LogP contribution is 2.29. The predicted molar refractivity (Wildman–Crippen MR) is 103 cm³/mol. The zero-order valence-electron chi connectivity index (χ0n) is 14.4. The van der Waals surface area contributed by atoms with Crippen molar-refractivity contribution in [1.29, 1.82) is 0 Å². The van der Waals surface area contributed by atoms with Crippen LogP contribution in [0.5, 0.6) is 5.75 Å². The minimum Gasteiger partial charge on any atom is -0.483 e. The van der Waals surface area contributed by atoms with Gasteiger partial charge in [-0.05, 0) is 42.8 Å². The maximum Gasteiger partial charge on any atom is 0.262 e. The molecule has 6 nitrogen and oxygen atoms in total. The Bertz CT molecular complexity index is 930. The number of anilines is 1. The third kappa shape index (κ3) is 4.67. The van der Waals surface area contributed by atoms with E-state index in [9.17, 15) is 13.2 Å². The van der Waals surface area contributed by atoms with Crippen molar-refractivity contribution in [3.8, 4) is 5.75 Å². The number of aryl methyl sites for hydroxylation is 1. The molecule has 0 spiro atoms. The number of halogens is 2. The van der Waals surface area contributed by atoms with Gasteiger partial charge in [0.1, 0.15) is 5.75 Å². The van der Waals surface area contributed by atoms with Crippen molar-refractivity contribution in [1.82, 2.24) is 4.31 Å². The Hall–Kier alpha value is -1.80. The van der Waals surface area contributed by atoms with Gasteiger partial charge >= 0.3 is 0 Å². The summed E-state index contributed by atoms with van der Waals surface area (Å²) in [5.41, 5.74) is 0.985. The van der Waals surface area contributed by atoms with Crippen LogP contribution in [0.2, 0.25) is 10.0 Å². The van der Waals surface area contributed by atoms with Crippen LogP contribution in [0.1, 0.15) is 5.56 Å². The number of rotatable bonds is 6. The van der Waals surface area contributed by atoms with E-state index in [0.717, 1.165) is 4.31 Å². The van der Waals surface area contributed by atoms with Gasteiger partial charge in [-0.25, -0.2) is 12.7 Å². The van der Waals surface area contributed by atoms with Crippen molar-refractivity contribution >= 4 is 44.8 Å². The Morgan fingerprint density at radius 1 is 1.19 bits per heavy atom. The monoisotopic (exact) mass is 416 g/mol. The molecule has 140 valence electrons. The smallest absolute Gasteiger partial charge is 0.262 e. The van der Waals surface area contributed by atoms with Gasteiger partial charge in [-0.2, -0.15) is 0 Å². The highest BCUT2D eigenvalue weighted by atomic mass is 35.5. The van der Waals surface area contributed by atoms with E-state index in [0.29, 0.717) is 22.0 Å². The highest BCUT2D eigenvalue weighted by Gasteiger charge is 2.18.